The summed E-state index contributed by atoms with van der Waals surface area (Å²) >= 11 is 0. The van der Waals surface area contributed by atoms with Gasteiger partial charge in [-0.2, -0.15) is 0 Å². The van der Waals surface area contributed by atoms with E-state index in [2.05, 4.69) is 49.8 Å². The zero-order valence-corrected chi connectivity index (χ0v) is 11.1. The first kappa shape index (κ1) is 11.8. The molecule has 0 spiro atoms. The van der Waals surface area contributed by atoms with E-state index >= 15 is 0 Å². The molecule has 1 aromatic heterocycles. The van der Waals surface area contributed by atoms with Crippen LogP contribution in [0.5, 0.6) is 0 Å². The molecule has 1 aromatic carbocycles. The maximum atomic E-state index is 4.43. The fraction of sp³-hybridized carbons (Fsp3) is 0.333. The first-order valence-electron chi connectivity index (χ1n) is 5.87. The van der Waals surface area contributed by atoms with Gasteiger partial charge in [0.15, 0.2) is 0 Å². The van der Waals surface area contributed by atoms with E-state index in [1.54, 1.807) is 6.33 Å². The molecular weight excluding hydrogens is 208 g/mol. The lowest BCUT2D eigenvalue weighted by atomic mass is 9.95. The lowest BCUT2D eigenvalue weighted by Gasteiger charge is -2.13. The van der Waals surface area contributed by atoms with E-state index < -0.39 is 0 Å². The zero-order valence-electron chi connectivity index (χ0n) is 11.1. The molecule has 0 saturated heterocycles. The minimum Gasteiger partial charge on any atom is -0.241 e. The van der Waals surface area contributed by atoms with Gasteiger partial charge in [0, 0.05) is 11.3 Å². The quantitative estimate of drug-likeness (QED) is 0.741. The van der Waals surface area contributed by atoms with Crippen LogP contribution in [0.1, 0.15) is 27.9 Å². The normalized spacial score (nSPS) is 10.6. The highest BCUT2D eigenvalue weighted by atomic mass is 14.8. The van der Waals surface area contributed by atoms with E-state index in [1.807, 2.05) is 6.92 Å². The van der Waals surface area contributed by atoms with Gasteiger partial charge in [0.1, 0.15) is 6.33 Å². The summed E-state index contributed by atoms with van der Waals surface area (Å²) in [6.07, 6.45) is 1.65. The lowest BCUT2D eigenvalue weighted by Crippen LogP contribution is -1.98. The van der Waals surface area contributed by atoms with Gasteiger partial charge >= 0.3 is 0 Å². The van der Waals surface area contributed by atoms with Crippen LogP contribution >= 0.6 is 0 Å². The molecule has 88 valence electrons. The highest BCUT2D eigenvalue weighted by molar-refractivity contribution is 5.69. The molecular formula is C15H18N2. The average molecular weight is 226 g/mol. The summed E-state index contributed by atoms with van der Waals surface area (Å²) in [5.41, 5.74) is 8.47. The number of benzene rings is 1. The topological polar surface area (TPSA) is 25.8 Å². The van der Waals surface area contributed by atoms with Crippen LogP contribution < -0.4 is 0 Å². The second kappa shape index (κ2) is 4.28. The Morgan fingerprint density at radius 1 is 0.765 bits per heavy atom. The van der Waals surface area contributed by atoms with Crippen molar-refractivity contribution in [1.29, 1.82) is 0 Å². The molecule has 2 aromatic rings. The van der Waals surface area contributed by atoms with E-state index in [4.69, 9.17) is 0 Å². The Labute approximate surface area is 103 Å². The zero-order chi connectivity index (χ0) is 12.6. The third kappa shape index (κ3) is 1.95. The van der Waals surface area contributed by atoms with E-state index in [-0.39, 0.29) is 0 Å². The van der Waals surface area contributed by atoms with Crippen molar-refractivity contribution < 1.29 is 0 Å². The molecule has 0 N–H and O–H groups in total. The minimum absolute atomic E-state index is 1.05. The van der Waals surface area contributed by atoms with Crippen molar-refractivity contribution in [1.82, 2.24) is 9.97 Å². The molecule has 0 aliphatic heterocycles. The molecule has 17 heavy (non-hydrogen) atoms. The predicted octanol–water partition coefficient (Wildman–Crippen LogP) is 3.69. The van der Waals surface area contributed by atoms with Gasteiger partial charge in [-0.1, -0.05) is 12.1 Å². The van der Waals surface area contributed by atoms with E-state index in [0.29, 0.717) is 0 Å². The largest absolute Gasteiger partial charge is 0.241 e. The van der Waals surface area contributed by atoms with E-state index in [0.717, 1.165) is 11.4 Å². The molecule has 0 bridgehead atoms. The predicted molar refractivity (Wildman–Crippen MR) is 71.2 cm³/mol. The fourth-order valence-corrected chi connectivity index (χ4v) is 2.02. The minimum atomic E-state index is 1.05. The van der Waals surface area contributed by atoms with Gasteiger partial charge in [-0.25, -0.2) is 9.97 Å². The Bertz CT molecular complexity index is 571. The molecule has 0 radical (unpaired) electrons. The number of aryl methyl sites for hydroxylation is 2. The fourth-order valence-electron chi connectivity index (χ4n) is 2.02. The summed E-state index contributed by atoms with van der Waals surface area (Å²) in [7, 11) is 0. The first-order chi connectivity index (χ1) is 8.02. The van der Waals surface area contributed by atoms with Gasteiger partial charge in [0.05, 0.1) is 5.69 Å². The summed E-state index contributed by atoms with van der Waals surface area (Å²) in [4.78, 5) is 8.65. The molecule has 0 aliphatic carbocycles. The third-order valence-corrected chi connectivity index (χ3v) is 3.65. The number of rotatable bonds is 1. The Hall–Kier alpha value is -1.70. The van der Waals surface area contributed by atoms with E-state index in [1.165, 1.54) is 27.8 Å². The molecule has 0 fully saturated rings. The van der Waals surface area contributed by atoms with Crippen molar-refractivity contribution in [3.8, 4) is 11.3 Å². The second-order valence-electron chi connectivity index (χ2n) is 4.61. The maximum absolute atomic E-state index is 4.43. The highest BCUT2D eigenvalue weighted by Gasteiger charge is 2.10. The number of nitrogens with zero attached hydrogens (tertiary/aromatic N) is 2. The van der Waals surface area contributed by atoms with Crippen molar-refractivity contribution in [2.75, 3.05) is 0 Å². The molecule has 0 saturated carbocycles. The van der Waals surface area contributed by atoms with Crippen molar-refractivity contribution in [2.45, 2.75) is 34.6 Å². The van der Waals surface area contributed by atoms with Gasteiger partial charge in [-0.05, 0) is 56.9 Å². The molecule has 1 heterocycles. The maximum Gasteiger partial charge on any atom is 0.116 e. The molecule has 0 amide bonds. The van der Waals surface area contributed by atoms with Gasteiger partial charge in [-0.15, -0.1) is 0 Å². The number of aromatic nitrogens is 2. The molecule has 2 rings (SSSR count). The second-order valence-corrected chi connectivity index (χ2v) is 4.61. The Morgan fingerprint density at radius 2 is 1.47 bits per heavy atom. The Morgan fingerprint density at radius 3 is 2.18 bits per heavy atom. The number of hydrogen-bond donors (Lipinski definition) is 0. The summed E-state index contributed by atoms with van der Waals surface area (Å²) in [6, 6.07) is 4.32. The van der Waals surface area contributed by atoms with E-state index in [9.17, 15) is 0 Å². The standard InChI is InChI=1S/C15H18N2/c1-9-6-7-14(11(3)10(9)2)15-12(4)13(5)16-8-17-15/h6-8H,1-5H3. The van der Waals surface area contributed by atoms with Crippen molar-refractivity contribution in [3.63, 3.8) is 0 Å². The van der Waals surface area contributed by atoms with Crippen LogP contribution in [0.3, 0.4) is 0 Å². The summed E-state index contributed by atoms with van der Waals surface area (Å²) in [6.45, 7) is 10.6. The van der Waals surface area contributed by atoms with Crippen LogP contribution in [0.15, 0.2) is 18.5 Å². The smallest absolute Gasteiger partial charge is 0.116 e. The monoisotopic (exact) mass is 226 g/mol. The Kier molecular flexibility index (Phi) is 2.97. The van der Waals surface area contributed by atoms with Gasteiger partial charge in [0.25, 0.3) is 0 Å². The molecule has 0 atom stereocenters. The van der Waals surface area contributed by atoms with Crippen LogP contribution in [0.4, 0.5) is 0 Å². The number of hydrogen-bond acceptors (Lipinski definition) is 2. The molecule has 0 aliphatic rings. The first-order valence-corrected chi connectivity index (χ1v) is 5.87. The summed E-state index contributed by atoms with van der Waals surface area (Å²) in [5, 5.41) is 0. The van der Waals surface area contributed by atoms with Gasteiger partial charge < -0.3 is 0 Å². The van der Waals surface area contributed by atoms with Crippen LogP contribution in [0.25, 0.3) is 11.3 Å². The summed E-state index contributed by atoms with van der Waals surface area (Å²) in [5.74, 6) is 0. The van der Waals surface area contributed by atoms with Gasteiger partial charge in [-0.3, -0.25) is 0 Å². The van der Waals surface area contributed by atoms with Crippen LogP contribution in [0, 0.1) is 34.6 Å². The molecule has 2 heteroatoms. The third-order valence-electron chi connectivity index (χ3n) is 3.65. The average Bonchev–Trinajstić information content (AvgIpc) is 2.31. The van der Waals surface area contributed by atoms with Crippen molar-refractivity contribution in [2.24, 2.45) is 0 Å². The van der Waals surface area contributed by atoms with Crippen molar-refractivity contribution in [3.05, 3.63) is 46.4 Å². The van der Waals surface area contributed by atoms with Crippen LogP contribution in [0.2, 0.25) is 0 Å². The van der Waals surface area contributed by atoms with Gasteiger partial charge in [0.2, 0.25) is 0 Å². The summed E-state index contributed by atoms with van der Waals surface area (Å²) < 4.78 is 0. The molecule has 0 unspecified atom stereocenters. The Balaban J connectivity index is 2.69. The van der Waals surface area contributed by atoms with Crippen LogP contribution in [-0.2, 0) is 0 Å². The molecule has 2 nitrogen and oxygen atoms in total. The lowest BCUT2D eigenvalue weighted by molar-refractivity contribution is 1.06. The van der Waals surface area contributed by atoms with Crippen molar-refractivity contribution >= 4 is 0 Å². The SMILES string of the molecule is Cc1ccc(-c2ncnc(C)c2C)c(C)c1C. The van der Waals surface area contributed by atoms with Crippen LogP contribution in [-0.4, -0.2) is 9.97 Å². The highest BCUT2D eigenvalue weighted by Crippen LogP contribution is 2.28.